The SMILES string of the molecule is CC[Si](CC)(CC)OCC1(C)C2CCC3(C)C(CC=C4C5CC(C)(C)CC[C@]5(C(=O)O[C@@H]5OC(COCc6ccccc6)[C@H](NC(=O)CCCCCNC(=O)OC(C)(C)C)C(OCc6ccccc6)C5O[C@@H]5OC(C)[C@H](O[C@@H]6OC[C@@H](OCc7ccccc7)C(OCc7ccccc7)C6OCc6ccccc6)C6OC(C)(C)OC65)CCC43C)C2(C)CC[C@@H]1O[Si](CC)(CC)CC. The van der Waals surface area contributed by atoms with Crippen molar-refractivity contribution in [3.8, 4) is 0 Å². The van der Waals surface area contributed by atoms with E-state index in [1.165, 1.54) is 5.57 Å². The number of hydrogen-bond acceptors (Lipinski definition) is 19. The van der Waals surface area contributed by atoms with Crippen molar-refractivity contribution in [2.75, 3.05) is 26.4 Å². The molecule has 722 valence electrons. The Labute approximate surface area is 785 Å². The maximum absolute atomic E-state index is 17.3. The molecule has 5 aromatic carbocycles. The highest BCUT2D eigenvalue weighted by Crippen LogP contribution is 2.76. The number of alkyl carbamates (subject to hydrolysis) is 1. The largest absolute Gasteiger partial charge is 0.444 e. The molecule has 0 radical (unpaired) electrons. The van der Waals surface area contributed by atoms with Crippen molar-refractivity contribution in [2.24, 2.45) is 50.2 Å². The number of allylic oxidation sites excluding steroid dienone is 2. The second-order valence-electron chi connectivity index (χ2n) is 42.9. The van der Waals surface area contributed by atoms with Crippen LogP contribution in [0.3, 0.4) is 0 Å². The van der Waals surface area contributed by atoms with Crippen LogP contribution in [0.1, 0.15) is 242 Å². The molecule has 4 aliphatic heterocycles. The first kappa shape index (κ1) is 101. The maximum atomic E-state index is 17.3. The van der Waals surface area contributed by atoms with Crippen molar-refractivity contribution in [3.63, 3.8) is 0 Å². The normalized spacial score (nSPS) is 33.9. The van der Waals surface area contributed by atoms with E-state index in [1.54, 1.807) is 0 Å². The minimum absolute atomic E-state index is 0.000602. The molecule has 21 nitrogen and oxygen atoms in total. The highest BCUT2D eigenvalue weighted by Gasteiger charge is 2.72. The molecule has 131 heavy (non-hydrogen) atoms. The monoisotopic (exact) mass is 1840 g/mol. The molecule has 8 fully saturated rings. The molecule has 14 rings (SSSR count). The third-order valence-corrected chi connectivity index (χ3v) is 42.1. The van der Waals surface area contributed by atoms with Crippen LogP contribution in [0, 0.1) is 50.2 Å². The number of carbonyl (C=O) groups is 3. The molecule has 23 atom stereocenters. The minimum atomic E-state index is -2.03. The summed E-state index contributed by atoms with van der Waals surface area (Å²) in [7, 11) is -4.02. The van der Waals surface area contributed by atoms with Gasteiger partial charge in [0.1, 0.15) is 54.4 Å². The number of esters is 1. The molecule has 0 bridgehead atoms. The van der Waals surface area contributed by atoms with Gasteiger partial charge in [-0.15, -0.1) is 0 Å². The van der Waals surface area contributed by atoms with Crippen LogP contribution >= 0.6 is 0 Å². The summed E-state index contributed by atoms with van der Waals surface area (Å²) in [5.41, 5.74) is 3.89. The highest BCUT2D eigenvalue weighted by molar-refractivity contribution is 6.74. The highest BCUT2D eigenvalue weighted by atomic mass is 28.4. The molecule has 0 spiro atoms. The number of hydrogen-bond donors (Lipinski definition) is 2. The van der Waals surface area contributed by atoms with E-state index in [0.29, 0.717) is 57.1 Å². The van der Waals surface area contributed by atoms with Crippen molar-refractivity contribution >= 4 is 34.6 Å². The fourth-order valence-electron chi connectivity index (χ4n) is 24.5. The first-order valence-electron chi connectivity index (χ1n) is 50.0. The molecular formula is C108H158N2O19Si2. The molecule has 2 amide bonds. The molecule has 15 unspecified atom stereocenters. The molecule has 4 saturated heterocycles. The molecule has 5 aromatic rings. The van der Waals surface area contributed by atoms with E-state index >= 15 is 9.59 Å². The summed E-state index contributed by atoms with van der Waals surface area (Å²) in [6.45, 7) is 43.0. The molecule has 9 aliphatic rings. The first-order valence-corrected chi connectivity index (χ1v) is 55.1. The number of fused-ring (bicyclic) bond motifs is 8. The molecule has 5 aliphatic carbocycles. The van der Waals surface area contributed by atoms with E-state index in [-0.39, 0.29) is 97.0 Å². The van der Waals surface area contributed by atoms with Crippen molar-refractivity contribution in [1.82, 2.24) is 10.6 Å². The average Bonchev–Trinajstić information content (AvgIpc) is 1.04. The van der Waals surface area contributed by atoms with Gasteiger partial charge in [0.2, 0.25) is 12.2 Å². The van der Waals surface area contributed by atoms with E-state index < -0.39 is 125 Å². The lowest BCUT2D eigenvalue weighted by Gasteiger charge is -2.71. The van der Waals surface area contributed by atoms with E-state index in [0.717, 1.165) is 122 Å². The van der Waals surface area contributed by atoms with Crippen LogP contribution < -0.4 is 10.6 Å². The van der Waals surface area contributed by atoms with Gasteiger partial charge >= 0.3 is 12.1 Å². The zero-order valence-corrected chi connectivity index (χ0v) is 84.2. The number of unbranched alkanes of at least 4 members (excludes halogenated alkanes) is 2. The van der Waals surface area contributed by atoms with Gasteiger partial charge in [-0.25, -0.2) is 4.79 Å². The number of ether oxygens (including phenoxy) is 14. The van der Waals surface area contributed by atoms with Gasteiger partial charge in [0.05, 0.1) is 69.9 Å². The van der Waals surface area contributed by atoms with Crippen molar-refractivity contribution in [3.05, 3.63) is 191 Å². The van der Waals surface area contributed by atoms with Gasteiger partial charge in [0.25, 0.3) is 0 Å². The molecule has 4 saturated carbocycles. The van der Waals surface area contributed by atoms with E-state index in [1.807, 2.05) is 193 Å². The Hall–Kier alpha value is -6.08. The second-order valence-corrected chi connectivity index (χ2v) is 52.4. The Morgan fingerprint density at radius 1 is 0.534 bits per heavy atom. The quantitative estimate of drug-likeness (QED) is 0.0161. The maximum Gasteiger partial charge on any atom is 0.407 e. The van der Waals surface area contributed by atoms with Crippen molar-refractivity contribution < 1.29 is 89.6 Å². The molecular weight excluding hydrogens is 1690 g/mol. The zero-order valence-electron chi connectivity index (χ0n) is 82.2. The van der Waals surface area contributed by atoms with Gasteiger partial charge in [0.15, 0.2) is 41.1 Å². The lowest BCUT2D eigenvalue weighted by atomic mass is 9.33. The standard InChI is InChI=1S/C108H158N2O19Si2/c1-19-130(20-2,21-3)120-73-105(16)84-56-59-107(18)85(104(84,15)58-57-86(105)129-131(22-4,23-5)24-6)55-54-80-81-65-102(11,12)60-62-108(81,63-61-106(80,107)17)99(112)125-97-94(91(117-69-78-49-37-28-38-50-78)88(82(122-97)71-114-66-75-43-31-25-32-44-75)110-87(111)53-41-30-42-64-109-100(113)128-101(8,9)10)124-98-95-92(126-103(13,14)127-95)89(74(7)121-98)123-96-93(118-70-79-51-39-29-40-52-79)90(116-68-77-47-35-27-36-48-77)83(72-119-96)115-67-76-45-33-26-34-46-76/h25-29,31-40,43-52,54,74,81-86,88-98H,19-24,30,41-42,53,55-73H2,1-18H3,(H,109,113)(H,110,111)/t74?,81?,82?,83-,84?,85?,86+,88+,89+,90?,91?,92?,93?,94?,95?,96+,97+,98+,104?,105?,106?,107?,108+/m1/s1. The second kappa shape index (κ2) is 43.3. The van der Waals surface area contributed by atoms with Gasteiger partial charge in [-0.05, 0) is 222 Å². The molecule has 4 heterocycles. The lowest BCUT2D eigenvalue weighted by molar-refractivity contribution is -0.366. The Morgan fingerprint density at radius 2 is 1.08 bits per heavy atom. The van der Waals surface area contributed by atoms with E-state index in [4.69, 9.17) is 75.2 Å². The molecule has 23 heteroatoms. The lowest BCUT2D eigenvalue weighted by Crippen LogP contribution is -2.69. The van der Waals surface area contributed by atoms with Gasteiger partial charge in [-0.1, -0.05) is 253 Å². The smallest absolute Gasteiger partial charge is 0.407 e. The molecule has 0 aromatic heterocycles. The van der Waals surface area contributed by atoms with Crippen LogP contribution in [-0.4, -0.2) is 164 Å². The minimum Gasteiger partial charge on any atom is -0.444 e. The third kappa shape index (κ3) is 22.9. The number of amides is 2. The van der Waals surface area contributed by atoms with Crippen LogP contribution in [0.2, 0.25) is 36.3 Å². The van der Waals surface area contributed by atoms with Crippen molar-refractivity contribution in [1.29, 1.82) is 0 Å². The van der Waals surface area contributed by atoms with E-state index in [2.05, 4.69) is 99.8 Å². The summed E-state index contributed by atoms with van der Waals surface area (Å²) in [6, 6.07) is 55.7. The number of benzene rings is 5. The summed E-state index contributed by atoms with van der Waals surface area (Å²) in [5.74, 6) is -1.21. The van der Waals surface area contributed by atoms with Crippen molar-refractivity contribution in [2.45, 2.75) is 387 Å². The summed E-state index contributed by atoms with van der Waals surface area (Å²) in [6.07, 6.45) is 0.0743. The van der Waals surface area contributed by atoms with Crippen LogP contribution in [0.15, 0.2) is 163 Å². The van der Waals surface area contributed by atoms with E-state index in [9.17, 15) is 4.79 Å². The fraction of sp³-hybridized carbons (Fsp3) is 0.676. The van der Waals surface area contributed by atoms with Gasteiger partial charge in [0, 0.05) is 25.0 Å². The Morgan fingerprint density at radius 3 is 1.66 bits per heavy atom. The predicted molar refractivity (Wildman–Crippen MR) is 512 cm³/mol. The summed E-state index contributed by atoms with van der Waals surface area (Å²) in [4.78, 5) is 45.3. The third-order valence-electron chi connectivity index (χ3n) is 32.8. The van der Waals surface area contributed by atoms with Crippen LogP contribution in [0.4, 0.5) is 4.79 Å². The van der Waals surface area contributed by atoms with Crippen LogP contribution in [0.5, 0.6) is 0 Å². The Balaban J connectivity index is 0.817. The molecule has 2 N–H and O–H groups in total. The van der Waals surface area contributed by atoms with Crippen LogP contribution in [0.25, 0.3) is 0 Å². The fourth-order valence-corrected chi connectivity index (χ4v) is 30.3. The van der Waals surface area contributed by atoms with Gasteiger partial charge < -0.3 is 85.8 Å². The Kier molecular flexibility index (Phi) is 33.3. The number of rotatable bonds is 40. The summed E-state index contributed by atoms with van der Waals surface area (Å²) >= 11 is 0. The summed E-state index contributed by atoms with van der Waals surface area (Å²) < 4.78 is 115. The van der Waals surface area contributed by atoms with Gasteiger partial charge in [-0.2, -0.15) is 0 Å². The van der Waals surface area contributed by atoms with Gasteiger partial charge in [-0.3, -0.25) is 9.59 Å². The number of nitrogens with one attached hydrogen (secondary N) is 2. The summed E-state index contributed by atoms with van der Waals surface area (Å²) in [5, 5.41) is 6.32. The predicted octanol–water partition coefficient (Wildman–Crippen LogP) is 22.0. The number of carbonyl (C=O) groups excluding carboxylic acids is 3. The average molecular weight is 1840 g/mol. The van der Waals surface area contributed by atoms with Crippen LogP contribution in [-0.2, 0) is 118 Å². The Bertz CT molecular complexity index is 4470. The topological polar surface area (TPSA) is 223 Å². The zero-order chi connectivity index (χ0) is 93.2. The first-order chi connectivity index (χ1) is 62.7.